The number of aromatic nitrogens is 1. The average Bonchev–Trinajstić information content (AvgIpc) is 3.44. The fourth-order valence-corrected chi connectivity index (χ4v) is 3.87. The maximum atomic E-state index is 12.1. The van der Waals surface area contributed by atoms with Gasteiger partial charge < -0.3 is 10.5 Å². The molecule has 1 aliphatic carbocycles. The number of benzene rings is 1. The smallest absolute Gasteiger partial charge is 0.227 e. The molecule has 0 saturated heterocycles. The minimum atomic E-state index is -0.450. The van der Waals surface area contributed by atoms with E-state index in [1.54, 1.807) is 6.20 Å². The third kappa shape index (κ3) is 5.06. The van der Waals surface area contributed by atoms with Crippen molar-refractivity contribution >= 4 is 17.7 Å². The summed E-state index contributed by atoms with van der Waals surface area (Å²) in [6.45, 7) is 2.38. The van der Waals surface area contributed by atoms with Gasteiger partial charge in [0.15, 0.2) is 0 Å². The van der Waals surface area contributed by atoms with Gasteiger partial charge in [-0.15, -0.1) is 11.8 Å². The van der Waals surface area contributed by atoms with Crippen molar-refractivity contribution in [3.8, 4) is 0 Å². The normalized spacial score (nSPS) is 16.4. The summed E-state index contributed by atoms with van der Waals surface area (Å²) in [6, 6.07) is 13.9. The molecule has 1 saturated carbocycles. The van der Waals surface area contributed by atoms with E-state index in [9.17, 15) is 4.79 Å². The first-order valence-corrected chi connectivity index (χ1v) is 9.62. The maximum Gasteiger partial charge on any atom is 0.227 e. The number of hydrogen-bond acceptors (Lipinski definition) is 4. The molecule has 2 N–H and O–H groups in total. The van der Waals surface area contributed by atoms with Gasteiger partial charge in [-0.1, -0.05) is 25.1 Å². The molecule has 2 aromatic rings. The molecule has 1 aliphatic rings. The summed E-state index contributed by atoms with van der Waals surface area (Å²) in [5.41, 5.74) is 7.47. The molecule has 0 radical (unpaired) electrons. The van der Waals surface area contributed by atoms with E-state index in [-0.39, 0.29) is 12.0 Å². The van der Waals surface area contributed by atoms with Crippen LogP contribution in [0.5, 0.6) is 0 Å². The molecule has 1 aromatic heterocycles. The molecule has 0 aliphatic heterocycles. The number of amides is 1. The number of ether oxygens (including phenoxy) is 1. The third-order valence-corrected chi connectivity index (χ3v) is 5.67. The average molecular weight is 356 g/mol. The lowest BCUT2D eigenvalue weighted by Crippen LogP contribution is -2.33. The molecule has 0 spiro atoms. The Labute approximate surface area is 153 Å². The Balaban J connectivity index is 1.69. The molecule has 132 valence electrons. The molecule has 1 heterocycles. The summed E-state index contributed by atoms with van der Waals surface area (Å²) in [7, 11) is 0. The molecule has 25 heavy (non-hydrogen) atoms. The van der Waals surface area contributed by atoms with Gasteiger partial charge in [0.05, 0.1) is 24.3 Å². The number of carbonyl (C=O) groups excluding carboxylic acids is 1. The minimum Gasteiger partial charge on any atom is -0.371 e. The Bertz CT molecular complexity index is 687. The highest BCUT2D eigenvalue weighted by molar-refractivity contribution is 8.00. The van der Waals surface area contributed by atoms with E-state index in [0.717, 1.165) is 16.5 Å². The second-order valence-corrected chi connectivity index (χ2v) is 7.72. The zero-order valence-electron chi connectivity index (χ0n) is 14.4. The maximum absolute atomic E-state index is 12.1. The second-order valence-electron chi connectivity index (χ2n) is 6.35. The van der Waals surface area contributed by atoms with E-state index in [4.69, 9.17) is 10.5 Å². The van der Waals surface area contributed by atoms with E-state index in [0.29, 0.717) is 13.0 Å². The van der Waals surface area contributed by atoms with E-state index >= 15 is 0 Å². The first kappa shape index (κ1) is 18.0. The van der Waals surface area contributed by atoms with E-state index in [2.05, 4.69) is 17.1 Å². The van der Waals surface area contributed by atoms with Crippen LogP contribution in [0.3, 0.4) is 0 Å². The first-order valence-electron chi connectivity index (χ1n) is 8.74. The van der Waals surface area contributed by atoms with Crippen molar-refractivity contribution in [2.24, 2.45) is 5.73 Å². The Morgan fingerprint density at radius 2 is 2.04 bits per heavy atom. The van der Waals surface area contributed by atoms with Crippen LogP contribution in [0.1, 0.15) is 43.4 Å². The SMILES string of the molecule is CCC(OCc1ccccn1)C(C(N)=O)c1ccc(SC2CC2)cc1. The molecule has 0 bridgehead atoms. The van der Waals surface area contributed by atoms with Crippen LogP contribution in [0.15, 0.2) is 53.6 Å². The molecule has 2 atom stereocenters. The van der Waals surface area contributed by atoms with Gasteiger partial charge in [-0.05, 0) is 49.1 Å². The molecule has 4 nitrogen and oxygen atoms in total. The summed E-state index contributed by atoms with van der Waals surface area (Å²) in [4.78, 5) is 17.6. The van der Waals surface area contributed by atoms with Gasteiger partial charge in [0, 0.05) is 16.3 Å². The predicted molar refractivity (Wildman–Crippen MR) is 100 cm³/mol. The van der Waals surface area contributed by atoms with E-state index in [1.807, 2.05) is 49.0 Å². The molecule has 5 heteroatoms. The number of carbonyl (C=O) groups is 1. The molecule has 1 fully saturated rings. The highest BCUT2D eigenvalue weighted by Gasteiger charge is 2.28. The second kappa shape index (κ2) is 8.50. The van der Waals surface area contributed by atoms with Crippen LogP contribution >= 0.6 is 11.8 Å². The molecular formula is C20H24N2O2S. The molecular weight excluding hydrogens is 332 g/mol. The van der Waals surface area contributed by atoms with Crippen LogP contribution < -0.4 is 5.73 Å². The number of rotatable bonds is 9. The fourth-order valence-electron chi connectivity index (χ4n) is 2.82. The van der Waals surface area contributed by atoms with Crippen LogP contribution in [0.2, 0.25) is 0 Å². The minimum absolute atomic E-state index is 0.263. The molecule has 3 rings (SSSR count). The van der Waals surface area contributed by atoms with Crippen LogP contribution in [0.25, 0.3) is 0 Å². The first-order chi connectivity index (χ1) is 12.2. The third-order valence-electron chi connectivity index (χ3n) is 4.32. The number of thioether (sulfide) groups is 1. The summed E-state index contributed by atoms with van der Waals surface area (Å²) in [6.07, 6.45) is 4.78. The predicted octanol–water partition coefficient (Wildman–Crippen LogP) is 3.90. The van der Waals surface area contributed by atoms with Gasteiger partial charge in [0.2, 0.25) is 5.91 Å². The largest absolute Gasteiger partial charge is 0.371 e. The summed E-state index contributed by atoms with van der Waals surface area (Å²) in [5, 5.41) is 0.767. The molecule has 1 aromatic carbocycles. The molecule has 1 amide bonds. The lowest BCUT2D eigenvalue weighted by Gasteiger charge is -2.24. The van der Waals surface area contributed by atoms with Crippen molar-refractivity contribution in [3.05, 3.63) is 59.9 Å². The summed E-state index contributed by atoms with van der Waals surface area (Å²) >= 11 is 1.90. The van der Waals surface area contributed by atoms with Crippen LogP contribution in [-0.2, 0) is 16.1 Å². The summed E-state index contributed by atoms with van der Waals surface area (Å²) < 4.78 is 5.99. The zero-order chi connectivity index (χ0) is 17.6. The molecule has 2 unspecified atom stereocenters. The van der Waals surface area contributed by atoms with Crippen molar-refractivity contribution in [2.45, 2.75) is 55.0 Å². The van der Waals surface area contributed by atoms with Gasteiger partial charge in [0.1, 0.15) is 0 Å². The topological polar surface area (TPSA) is 65.2 Å². The van der Waals surface area contributed by atoms with Gasteiger partial charge in [-0.25, -0.2) is 0 Å². The van der Waals surface area contributed by atoms with Gasteiger partial charge in [-0.2, -0.15) is 0 Å². The number of hydrogen-bond donors (Lipinski definition) is 1. The number of pyridine rings is 1. The van der Waals surface area contributed by atoms with Crippen molar-refractivity contribution in [1.29, 1.82) is 0 Å². The Hall–Kier alpha value is -1.85. The standard InChI is InChI=1S/C20H24N2O2S/c1-2-18(24-13-15-5-3-4-12-22-15)19(20(21)23)14-6-8-16(9-7-14)25-17-10-11-17/h3-9,12,17-19H,2,10-11,13H2,1H3,(H2,21,23). The summed E-state index contributed by atoms with van der Waals surface area (Å²) in [5.74, 6) is -0.802. The van der Waals surface area contributed by atoms with Gasteiger partial charge in [-0.3, -0.25) is 9.78 Å². The zero-order valence-corrected chi connectivity index (χ0v) is 15.2. The highest BCUT2D eigenvalue weighted by Crippen LogP contribution is 2.39. The van der Waals surface area contributed by atoms with Crippen molar-refractivity contribution < 1.29 is 9.53 Å². The highest BCUT2D eigenvalue weighted by atomic mass is 32.2. The van der Waals surface area contributed by atoms with Crippen LogP contribution in [0.4, 0.5) is 0 Å². The Morgan fingerprint density at radius 3 is 2.60 bits per heavy atom. The van der Waals surface area contributed by atoms with Gasteiger partial charge in [0.25, 0.3) is 0 Å². The monoisotopic (exact) mass is 356 g/mol. The Kier molecular flexibility index (Phi) is 6.10. The van der Waals surface area contributed by atoms with Crippen molar-refractivity contribution in [2.75, 3.05) is 0 Å². The van der Waals surface area contributed by atoms with E-state index in [1.165, 1.54) is 17.7 Å². The lowest BCUT2D eigenvalue weighted by molar-refractivity contribution is -0.123. The van der Waals surface area contributed by atoms with Gasteiger partial charge >= 0.3 is 0 Å². The fraction of sp³-hybridized carbons (Fsp3) is 0.400. The number of primary amides is 1. The van der Waals surface area contributed by atoms with Crippen molar-refractivity contribution in [1.82, 2.24) is 4.98 Å². The number of nitrogens with zero attached hydrogens (tertiary/aromatic N) is 1. The lowest BCUT2D eigenvalue weighted by atomic mass is 9.91. The van der Waals surface area contributed by atoms with E-state index < -0.39 is 5.92 Å². The van der Waals surface area contributed by atoms with Crippen LogP contribution in [-0.4, -0.2) is 22.2 Å². The Morgan fingerprint density at radius 1 is 1.28 bits per heavy atom. The number of nitrogens with two attached hydrogens (primary N) is 1. The van der Waals surface area contributed by atoms with Crippen LogP contribution in [0, 0.1) is 0 Å². The van der Waals surface area contributed by atoms with Crippen molar-refractivity contribution in [3.63, 3.8) is 0 Å². The quantitative estimate of drug-likeness (QED) is 0.740.